The number of aromatic nitrogens is 2. The van der Waals surface area contributed by atoms with E-state index in [1.54, 1.807) is 23.0 Å². The number of benzene rings is 1. The van der Waals surface area contributed by atoms with Crippen LogP contribution in [0.1, 0.15) is 11.6 Å². The lowest BCUT2D eigenvalue weighted by Gasteiger charge is -2.37. The van der Waals surface area contributed by atoms with Gasteiger partial charge < -0.3 is 10.5 Å². The Morgan fingerprint density at radius 2 is 2.22 bits per heavy atom. The van der Waals surface area contributed by atoms with Gasteiger partial charge in [-0.25, -0.2) is 4.39 Å². The molecule has 2 heterocycles. The largest absolute Gasteiger partial charge is 0.374 e. The first-order valence-corrected chi connectivity index (χ1v) is 7.51. The molecule has 1 aromatic carbocycles. The number of morpholine rings is 1. The molecule has 1 saturated heterocycles. The first-order chi connectivity index (χ1) is 11.1. The van der Waals surface area contributed by atoms with Crippen LogP contribution in [0.2, 0.25) is 0 Å². The number of hydrogen-bond donors (Lipinski definition) is 1. The molecule has 1 aliphatic heterocycles. The number of amides is 1. The van der Waals surface area contributed by atoms with Gasteiger partial charge in [-0.05, 0) is 23.8 Å². The van der Waals surface area contributed by atoms with Crippen molar-refractivity contribution < 1.29 is 13.9 Å². The molecule has 122 valence electrons. The zero-order valence-electron chi connectivity index (χ0n) is 12.6. The lowest BCUT2D eigenvalue weighted by molar-refractivity contribution is -0.127. The van der Waals surface area contributed by atoms with E-state index in [1.807, 2.05) is 17.2 Å². The summed E-state index contributed by atoms with van der Waals surface area (Å²) < 4.78 is 20.7. The lowest BCUT2D eigenvalue weighted by Crippen LogP contribution is -2.49. The summed E-state index contributed by atoms with van der Waals surface area (Å²) in [6.07, 6.45) is 3.50. The Labute approximate surface area is 133 Å². The maximum absolute atomic E-state index is 13.1. The van der Waals surface area contributed by atoms with Crippen LogP contribution in [0.25, 0.3) is 0 Å². The van der Waals surface area contributed by atoms with Gasteiger partial charge in [0.2, 0.25) is 5.91 Å². The molecule has 1 aromatic heterocycles. The van der Waals surface area contributed by atoms with Gasteiger partial charge in [0, 0.05) is 25.5 Å². The van der Waals surface area contributed by atoms with E-state index in [0.717, 1.165) is 0 Å². The Bertz CT molecular complexity index is 645. The fourth-order valence-electron chi connectivity index (χ4n) is 2.90. The highest BCUT2D eigenvalue weighted by Crippen LogP contribution is 2.23. The van der Waals surface area contributed by atoms with Gasteiger partial charge in [-0.2, -0.15) is 5.10 Å². The van der Waals surface area contributed by atoms with Gasteiger partial charge >= 0.3 is 0 Å². The molecule has 3 rings (SSSR count). The number of nitrogens with zero attached hydrogens (tertiary/aromatic N) is 3. The normalized spacial score (nSPS) is 20.3. The Morgan fingerprint density at radius 1 is 1.43 bits per heavy atom. The van der Waals surface area contributed by atoms with Crippen molar-refractivity contribution in [1.82, 2.24) is 14.7 Å². The van der Waals surface area contributed by atoms with Gasteiger partial charge in [0.05, 0.1) is 19.3 Å². The molecule has 7 heteroatoms. The highest BCUT2D eigenvalue weighted by Gasteiger charge is 2.31. The van der Waals surface area contributed by atoms with E-state index in [9.17, 15) is 9.18 Å². The first-order valence-electron chi connectivity index (χ1n) is 7.51. The quantitative estimate of drug-likeness (QED) is 0.891. The van der Waals surface area contributed by atoms with Crippen LogP contribution in [0.5, 0.6) is 0 Å². The van der Waals surface area contributed by atoms with E-state index >= 15 is 0 Å². The molecule has 0 bridgehead atoms. The third-order valence-electron chi connectivity index (χ3n) is 3.94. The highest BCUT2D eigenvalue weighted by atomic mass is 19.1. The van der Waals surface area contributed by atoms with E-state index in [4.69, 9.17) is 10.5 Å². The molecule has 0 radical (unpaired) electrons. The van der Waals surface area contributed by atoms with E-state index in [2.05, 4.69) is 5.10 Å². The molecule has 2 N–H and O–H groups in total. The molecule has 0 spiro atoms. The number of nitrogens with two attached hydrogens (primary N) is 1. The second-order valence-corrected chi connectivity index (χ2v) is 5.57. The number of hydrogen-bond acceptors (Lipinski definition) is 4. The van der Waals surface area contributed by atoms with Crippen LogP contribution in [0.3, 0.4) is 0 Å². The zero-order valence-corrected chi connectivity index (χ0v) is 12.6. The summed E-state index contributed by atoms with van der Waals surface area (Å²) >= 11 is 0. The van der Waals surface area contributed by atoms with E-state index < -0.39 is 11.9 Å². The molecule has 1 fully saturated rings. The Hall–Kier alpha value is -2.25. The van der Waals surface area contributed by atoms with Gasteiger partial charge in [-0.15, -0.1) is 0 Å². The van der Waals surface area contributed by atoms with Crippen molar-refractivity contribution in [1.29, 1.82) is 0 Å². The Balaban J connectivity index is 1.74. The summed E-state index contributed by atoms with van der Waals surface area (Å²) in [7, 11) is 0. The van der Waals surface area contributed by atoms with Gasteiger partial charge in [0.25, 0.3) is 0 Å². The highest BCUT2D eigenvalue weighted by molar-refractivity contribution is 5.81. The molecule has 2 unspecified atom stereocenters. The summed E-state index contributed by atoms with van der Waals surface area (Å²) in [5, 5.41) is 4.17. The zero-order chi connectivity index (χ0) is 16.2. The van der Waals surface area contributed by atoms with Crippen LogP contribution in [0.4, 0.5) is 4.39 Å². The molecule has 0 saturated carbocycles. The fraction of sp³-hybridized carbons (Fsp3) is 0.375. The molecular formula is C16H19FN4O2. The van der Waals surface area contributed by atoms with Crippen molar-refractivity contribution in [3.63, 3.8) is 0 Å². The lowest BCUT2D eigenvalue weighted by atomic mass is 10.0. The summed E-state index contributed by atoms with van der Waals surface area (Å²) in [5.41, 5.74) is 6.28. The number of ether oxygens (including phenoxy) is 1. The van der Waals surface area contributed by atoms with Gasteiger partial charge in [-0.3, -0.25) is 14.4 Å². The number of primary amides is 1. The maximum atomic E-state index is 13.1. The second kappa shape index (κ2) is 6.89. The van der Waals surface area contributed by atoms with Crippen LogP contribution in [0, 0.1) is 5.82 Å². The minimum absolute atomic E-state index is 0.0778. The number of carbonyl (C=O) groups excluding carboxylic acids is 1. The minimum atomic E-state index is -0.584. The van der Waals surface area contributed by atoms with Crippen molar-refractivity contribution in [2.45, 2.75) is 18.7 Å². The van der Waals surface area contributed by atoms with Crippen LogP contribution >= 0.6 is 0 Å². The Kier molecular flexibility index (Phi) is 4.68. The molecular weight excluding hydrogens is 299 g/mol. The summed E-state index contributed by atoms with van der Waals surface area (Å²) in [4.78, 5) is 13.9. The second-order valence-electron chi connectivity index (χ2n) is 5.57. The fourth-order valence-corrected chi connectivity index (χ4v) is 2.90. The molecule has 23 heavy (non-hydrogen) atoms. The van der Waals surface area contributed by atoms with Crippen LogP contribution in [-0.4, -0.2) is 46.4 Å². The minimum Gasteiger partial charge on any atom is -0.374 e. The van der Waals surface area contributed by atoms with Crippen LogP contribution in [0.15, 0.2) is 42.7 Å². The summed E-state index contributed by atoms with van der Waals surface area (Å²) in [5.74, 6) is -0.785. The summed E-state index contributed by atoms with van der Waals surface area (Å²) in [6.45, 7) is 2.28. The standard InChI is InChI=1S/C16H19FN4O2/c17-13-4-2-12(3-5-13)15(16(18)22)20-8-9-23-14(10-20)11-21-7-1-6-19-21/h1-7,14-15H,8-11H2,(H2,18,22). The average Bonchev–Trinajstić information content (AvgIpc) is 3.02. The van der Waals surface area contributed by atoms with Crippen LogP contribution in [-0.2, 0) is 16.1 Å². The average molecular weight is 318 g/mol. The topological polar surface area (TPSA) is 73.4 Å². The maximum Gasteiger partial charge on any atom is 0.239 e. The Morgan fingerprint density at radius 3 is 2.87 bits per heavy atom. The van der Waals surface area contributed by atoms with Crippen molar-refractivity contribution in [3.8, 4) is 0 Å². The third-order valence-corrected chi connectivity index (χ3v) is 3.94. The van der Waals surface area contributed by atoms with E-state index in [0.29, 0.717) is 31.8 Å². The smallest absolute Gasteiger partial charge is 0.239 e. The molecule has 2 atom stereocenters. The van der Waals surface area contributed by atoms with E-state index in [1.165, 1.54) is 12.1 Å². The monoisotopic (exact) mass is 318 g/mol. The van der Waals surface area contributed by atoms with Crippen molar-refractivity contribution in [2.24, 2.45) is 5.73 Å². The molecule has 0 aliphatic carbocycles. The third kappa shape index (κ3) is 3.75. The number of rotatable bonds is 5. The van der Waals surface area contributed by atoms with Gasteiger partial charge in [0.1, 0.15) is 11.9 Å². The predicted molar refractivity (Wildman–Crippen MR) is 81.9 cm³/mol. The number of halogens is 1. The summed E-state index contributed by atoms with van der Waals surface area (Å²) in [6, 6.07) is 7.15. The van der Waals surface area contributed by atoms with Crippen molar-refractivity contribution >= 4 is 5.91 Å². The van der Waals surface area contributed by atoms with Crippen molar-refractivity contribution in [2.75, 3.05) is 19.7 Å². The molecule has 6 nitrogen and oxygen atoms in total. The SMILES string of the molecule is NC(=O)C(c1ccc(F)cc1)N1CCOC(Cn2cccn2)C1. The first kappa shape index (κ1) is 15.6. The van der Waals surface area contributed by atoms with Crippen LogP contribution < -0.4 is 5.73 Å². The predicted octanol–water partition coefficient (Wildman–Crippen LogP) is 0.950. The molecule has 1 aliphatic rings. The molecule has 2 aromatic rings. The van der Waals surface area contributed by atoms with Gasteiger partial charge in [0.15, 0.2) is 0 Å². The van der Waals surface area contributed by atoms with Crippen molar-refractivity contribution in [3.05, 3.63) is 54.1 Å². The van der Waals surface area contributed by atoms with E-state index in [-0.39, 0.29) is 11.9 Å². The number of carbonyl (C=O) groups is 1. The molecule has 1 amide bonds. The van der Waals surface area contributed by atoms with Gasteiger partial charge in [-0.1, -0.05) is 12.1 Å².